The van der Waals surface area contributed by atoms with Crippen molar-refractivity contribution >= 4 is 5.84 Å². The Morgan fingerprint density at radius 3 is 2.71 bits per heavy atom. The molecule has 1 atom stereocenters. The van der Waals surface area contributed by atoms with E-state index in [2.05, 4.69) is 18.5 Å². The molecule has 1 unspecified atom stereocenters. The van der Waals surface area contributed by atoms with E-state index in [9.17, 15) is 0 Å². The van der Waals surface area contributed by atoms with Gasteiger partial charge in [0, 0.05) is 11.5 Å². The summed E-state index contributed by atoms with van der Waals surface area (Å²) >= 11 is 0. The maximum atomic E-state index is 5.77. The molecule has 1 saturated carbocycles. The topological polar surface area (TPSA) is 42.8 Å². The second-order valence-corrected chi connectivity index (χ2v) is 6.28. The summed E-state index contributed by atoms with van der Waals surface area (Å²) in [6, 6.07) is 6.15. The number of nitrogens with zero attached hydrogens (tertiary/aromatic N) is 1. The van der Waals surface area contributed by atoms with Gasteiger partial charge in [-0.2, -0.15) is 0 Å². The molecule has 114 valence electrons. The molecule has 1 N–H and O–H groups in total. The van der Waals surface area contributed by atoms with Crippen molar-refractivity contribution < 1.29 is 9.57 Å². The fraction of sp³-hybridized carbons (Fsp3) is 0.588. The van der Waals surface area contributed by atoms with Crippen LogP contribution in [-0.4, -0.2) is 18.2 Å². The number of hydrogen-bond acceptors (Lipinski definition) is 4. The molecule has 0 aromatic heterocycles. The van der Waals surface area contributed by atoms with E-state index in [4.69, 9.17) is 14.6 Å². The molecule has 2 aliphatic rings. The molecule has 0 bridgehead atoms. The lowest BCUT2D eigenvalue weighted by Gasteiger charge is -2.13. The highest BCUT2D eigenvalue weighted by Crippen LogP contribution is 2.31. The van der Waals surface area contributed by atoms with Crippen LogP contribution in [0.2, 0.25) is 0 Å². The quantitative estimate of drug-likeness (QED) is 0.921. The number of hydroxylamine groups is 1. The van der Waals surface area contributed by atoms with Gasteiger partial charge in [-0.25, -0.2) is 15.3 Å². The number of aliphatic imine (C=N–C) groups is 1. The molecule has 21 heavy (non-hydrogen) atoms. The Morgan fingerprint density at radius 2 is 2.05 bits per heavy atom. The van der Waals surface area contributed by atoms with E-state index in [1.165, 1.54) is 25.7 Å². The first-order valence-corrected chi connectivity index (χ1v) is 7.90. The highest BCUT2D eigenvalue weighted by atomic mass is 16.7. The van der Waals surface area contributed by atoms with Crippen LogP contribution >= 0.6 is 0 Å². The minimum Gasteiger partial charge on any atom is -0.491 e. The first kappa shape index (κ1) is 14.4. The molecule has 3 rings (SSSR count). The number of nitrogens with one attached hydrogen (secondary N) is 1. The van der Waals surface area contributed by atoms with Gasteiger partial charge in [0.05, 0.1) is 6.10 Å². The van der Waals surface area contributed by atoms with Crippen LogP contribution in [0.3, 0.4) is 0 Å². The number of hydrogen-bond donors (Lipinski definition) is 1. The monoisotopic (exact) mass is 288 g/mol. The van der Waals surface area contributed by atoms with Crippen LogP contribution in [0.1, 0.15) is 50.7 Å². The zero-order chi connectivity index (χ0) is 14.8. The van der Waals surface area contributed by atoms with Gasteiger partial charge in [-0.15, -0.1) is 0 Å². The number of ether oxygens (including phenoxy) is 1. The molecule has 4 nitrogen and oxygen atoms in total. The van der Waals surface area contributed by atoms with Crippen LogP contribution in [-0.2, 0) is 4.84 Å². The summed E-state index contributed by atoms with van der Waals surface area (Å²) in [5.74, 6) is 2.34. The largest absolute Gasteiger partial charge is 0.491 e. The molecule has 0 spiro atoms. The normalized spacial score (nSPS) is 22.5. The minimum atomic E-state index is -0.0191. The zero-order valence-electron chi connectivity index (χ0n) is 13.1. The maximum absolute atomic E-state index is 5.77. The molecule has 1 fully saturated rings. The van der Waals surface area contributed by atoms with Gasteiger partial charge in [-0.05, 0) is 57.4 Å². The van der Waals surface area contributed by atoms with Crippen LogP contribution < -0.4 is 10.2 Å². The molecule has 1 aliphatic carbocycles. The summed E-state index contributed by atoms with van der Waals surface area (Å²) in [5, 5.41) is 0. The molecule has 0 amide bonds. The van der Waals surface area contributed by atoms with Gasteiger partial charge >= 0.3 is 0 Å². The van der Waals surface area contributed by atoms with Crippen molar-refractivity contribution in [2.45, 2.75) is 58.8 Å². The lowest BCUT2D eigenvalue weighted by atomic mass is 10.1. The van der Waals surface area contributed by atoms with Crippen LogP contribution in [0, 0.1) is 12.8 Å². The van der Waals surface area contributed by atoms with Gasteiger partial charge < -0.3 is 4.74 Å². The molecule has 4 heteroatoms. The Morgan fingerprint density at radius 1 is 1.29 bits per heavy atom. The smallest absolute Gasteiger partial charge is 0.180 e. The van der Waals surface area contributed by atoms with E-state index in [-0.39, 0.29) is 12.3 Å². The van der Waals surface area contributed by atoms with Crippen molar-refractivity contribution in [1.29, 1.82) is 0 Å². The Balaban J connectivity index is 1.75. The molecule has 1 aromatic rings. The van der Waals surface area contributed by atoms with Crippen molar-refractivity contribution in [2.24, 2.45) is 10.9 Å². The third-order valence-electron chi connectivity index (χ3n) is 4.15. The van der Waals surface area contributed by atoms with Gasteiger partial charge in [0.1, 0.15) is 5.75 Å². The van der Waals surface area contributed by atoms with Crippen molar-refractivity contribution in [3.8, 4) is 5.75 Å². The summed E-state index contributed by atoms with van der Waals surface area (Å²) in [4.78, 5) is 10.4. The third-order valence-corrected chi connectivity index (χ3v) is 4.15. The molecule has 1 heterocycles. The van der Waals surface area contributed by atoms with Gasteiger partial charge in [0.25, 0.3) is 0 Å². The van der Waals surface area contributed by atoms with E-state index >= 15 is 0 Å². The van der Waals surface area contributed by atoms with E-state index in [0.717, 1.165) is 22.7 Å². The first-order valence-electron chi connectivity index (χ1n) is 7.90. The van der Waals surface area contributed by atoms with E-state index in [1.54, 1.807) is 0 Å². The van der Waals surface area contributed by atoms with Crippen LogP contribution in [0.15, 0.2) is 23.2 Å². The minimum absolute atomic E-state index is 0.0191. The van der Waals surface area contributed by atoms with E-state index in [1.807, 2.05) is 26.0 Å². The lowest BCUT2D eigenvalue weighted by Crippen LogP contribution is -2.22. The van der Waals surface area contributed by atoms with Crippen molar-refractivity contribution in [2.75, 3.05) is 0 Å². The summed E-state index contributed by atoms with van der Waals surface area (Å²) < 4.78 is 5.77. The van der Waals surface area contributed by atoms with Crippen molar-refractivity contribution in [3.05, 3.63) is 29.3 Å². The fourth-order valence-electron chi connectivity index (χ4n) is 3.06. The molecular weight excluding hydrogens is 264 g/mol. The summed E-state index contributed by atoms with van der Waals surface area (Å²) in [6.45, 7) is 6.14. The summed E-state index contributed by atoms with van der Waals surface area (Å²) in [6.07, 6.45) is 5.22. The average molecular weight is 288 g/mol. The average Bonchev–Trinajstić information content (AvgIpc) is 3.10. The number of benzene rings is 1. The van der Waals surface area contributed by atoms with Crippen LogP contribution in [0.4, 0.5) is 0 Å². The zero-order valence-corrected chi connectivity index (χ0v) is 13.1. The predicted molar refractivity (Wildman–Crippen MR) is 83.4 cm³/mol. The van der Waals surface area contributed by atoms with Crippen LogP contribution in [0.25, 0.3) is 0 Å². The molecule has 1 aromatic carbocycles. The van der Waals surface area contributed by atoms with Gasteiger partial charge in [0.15, 0.2) is 12.1 Å². The molecule has 0 saturated heterocycles. The molecule has 0 radical (unpaired) electrons. The van der Waals surface area contributed by atoms with E-state index in [0.29, 0.717) is 5.92 Å². The SMILES string of the molecule is Cc1cc(C2=NC(C3CCCC3)ON2)ccc1OC(C)C. The van der Waals surface area contributed by atoms with E-state index < -0.39 is 0 Å². The molecule has 1 aliphatic heterocycles. The third kappa shape index (κ3) is 3.21. The molecular formula is C17H24N2O2. The Bertz CT molecular complexity index is 534. The van der Waals surface area contributed by atoms with Gasteiger partial charge in [-0.1, -0.05) is 12.8 Å². The summed E-state index contributed by atoms with van der Waals surface area (Å²) in [7, 11) is 0. The fourth-order valence-corrected chi connectivity index (χ4v) is 3.06. The predicted octanol–water partition coefficient (Wildman–Crippen LogP) is 3.58. The standard InChI is InChI=1S/C17H24N2O2/c1-11(2)20-15-9-8-14(10-12(15)3)16-18-17(21-19-16)13-6-4-5-7-13/h8-11,13,17H,4-7H2,1-3H3,(H,18,19). The van der Waals surface area contributed by atoms with Crippen molar-refractivity contribution in [1.82, 2.24) is 5.48 Å². The summed E-state index contributed by atoms with van der Waals surface area (Å²) in [5.41, 5.74) is 5.18. The number of amidine groups is 1. The second kappa shape index (κ2) is 6.06. The number of aryl methyl sites for hydroxylation is 1. The van der Waals surface area contributed by atoms with Gasteiger partial charge in [-0.3, -0.25) is 0 Å². The highest BCUT2D eigenvalue weighted by molar-refractivity contribution is 5.99. The van der Waals surface area contributed by atoms with Gasteiger partial charge in [0.2, 0.25) is 0 Å². The van der Waals surface area contributed by atoms with Crippen LogP contribution in [0.5, 0.6) is 5.75 Å². The Hall–Kier alpha value is -1.55. The highest BCUT2D eigenvalue weighted by Gasteiger charge is 2.30. The lowest BCUT2D eigenvalue weighted by molar-refractivity contribution is 0.00296. The first-order chi connectivity index (χ1) is 10.1. The Kier molecular flexibility index (Phi) is 4.15. The number of rotatable bonds is 4. The van der Waals surface area contributed by atoms with Crippen molar-refractivity contribution in [3.63, 3.8) is 0 Å². The maximum Gasteiger partial charge on any atom is 0.180 e. The second-order valence-electron chi connectivity index (χ2n) is 6.28. The Labute approximate surface area is 126 Å².